The van der Waals surface area contributed by atoms with E-state index >= 15 is 0 Å². The molecule has 0 atom stereocenters. The molecule has 118 valence electrons. The van der Waals surface area contributed by atoms with Crippen molar-refractivity contribution in [1.29, 1.82) is 0 Å². The van der Waals surface area contributed by atoms with Crippen molar-refractivity contribution in [3.63, 3.8) is 0 Å². The highest BCUT2D eigenvalue weighted by Crippen LogP contribution is 2.33. The first-order valence-electron chi connectivity index (χ1n) is 7.10. The van der Waals surface area contributed by atoms with Crippen molar-refractivity contribution in [1.82, 2.24) is 0 Å². The third kappa shape index (κ3) is 3.14. The smallest absolute Gasteiger partial charge is 0.200 e. The Balaban J connectivity index is 2.15. The summed E-state index contributed by atoms with van der Waals surface area (Å²) in [5, 5.41) is 2.49. The second kappa shape index (κ2) is 6.20. The fraction of sp³-hybridized carbons (Fsp3) is 0.600. The fourth-order valence-electron chi connectivity index (χ4n) is 2.87. The topological polar surface area (TPSA) is 12.0 Å². The molecule has 0 radical (unpaired) electrons. The van der Waals surface area contributed by atoms with Gasteiger partial charge in [0, 0.05) is 6.04 Å². The summed E-state index contributed by atoms with van der Waals surface area (Å²) in [5.74, 6) is -8.46. The summed E-state index contributed by atoms with van der Waals surface area (Å²) in [7, 11) is 0. The minimum Gasteiger partial charge on any atom is -0.377 e. The maximum Gasteiger partial charge on any atom is 0.200 e. The monoisotopic (exact) mass is 307 g/mol. The summed E-state index contributed by atoms with van der Waals surface area (Å²) >= 11 is 0. The number of hydrogen-bond acceptors (Lipinski definition) is 1. The lowest BCUT2D eigenvalue weighted by Crippen LogP contribution is -2.29. The van der Waals surface area contributed by atoms with E-state index in [1.54, 1.807) is 0 Å². The second-order valence-electron chi connectivity index (χ2n) is 5.94. The van der Waals surface area contributed by atoms with Crippen LogP contribution in [0, 0.1) is 40.9 Å². The van der Waals surface area contributed by atoms with Crippen LogP contribution in [-0.2, 0) is 0 Å². The van der Waals surface area contributed by atoms with Crippen molar-refractivity contribution in [2.24, 2.45) is 11.8 Å². The summed E-state index contributed by atoms with van der Waals surface area (Å²) in [5.41, 5.74) is -0.917. The number of halogens is 5. The van der Waals surface area contributed by atoms with Crippen LogP contribution in [0.4, 0.5) is 27.6 Å². The highest BCUT2D eigenvalue weighted by Gasteiger charge is 2.29. The van der Waals surface area contributed by atoms with Gasteiger partial charge in [-0.25, -0.2) is 22.0 Å². The molecule has 1 aromatic carbocycles. The van der Waals surface area contributed by atoms with E-state index in [1.165, 1.54) is 0 Å². The third-order valence-corrected chi connectivity index (χ3v) is 4.27. The third-order valence-electron chi connectivity index (χ3n) is 4.27. The largest absolute Gasteiger partial charge is 0.377 e. The van der Waals surface area contributed by atoms with Gasteiger partial charge in [0.05, 0.1) is 0 Å². The van der Waals surface area contributed by atoms with Gasteiger partial charge in [-0.15, -0.1) is 0 Å². The minimum atomic E-state index is -2.13. The van der Waals surface area contributed by atoms with E-state index in [4.69, 9.17) is 0 Å². The molecule has 1 nitrogen and oxygen atoms in total. The Kier molecular flexibility index (Phi) is 4.74. The van der Waals surface area contributed by atoms with Gasteiger partial charge in [0.1, 0.15) is 5.69 Å². The lowest BCUT2D eigenvalue weighted by molar-refractivity contribution is 0.266. The molecule has 0 saturated heterocycles. The molecule has 0 amide bonds. The van der Waals surface area contributed by atoms with Crippen molar-refractivity contribution in [3.05, 3.63) is 29.1 Å². The van der Waals surface area contributed by atoms with Crippen molar-refractivity contribution < 1.29 is 22.0 Å². The van der Waals surface area contributed by atoms with Gasteiger partial charge in [-0.1, -0.05) is 13.8 Å². The molecule has 1 N–H and O–H groups in total. The zero-order chi connectivity index (χ0) is 15.7. The van der Waals surface area contributed by atoms with Gasteiger partial charge in [0.25, 0.3) is 0 Å². The van der Waals surface area contributed by atoms with Gasteiger partial charge in [-0.2, -0.15) is 0 Å². The predicted molar refractivity (Wildman–Crippen MR) is 70.4 cm³/mol. The first kappa shape index (κ1) is 16.0. The molecule has 0 bridgehead atoms. The van der Waals surface area contributed by atoms with E-state index in [0.717, 1.165) is 12.8 Å². The standard InChI is InChI=1S/C15H18F5N/c1-7(2)8-3-5-9(6-4-8)21-15-13(19)11(17)10(16)12(18)14(15)20/h7-9,21H,3-6H2,1-2H3. The molecule has 0 aliphatic heterocycles. The highest BCUT2D eigenvalue weighted by molar-refractivity contribution is 5.48. The molecular formula is C15H18F5N. The molecule has 2 rings (SSSR count). The molecular weight excluding hydrogens is 289 g/mol. The van der Waals surface area contributed by atoms with Crippen LogP contribution in [0.25, 0.3) is 0 Å². The Morgan fingerprint density at radius 3 is 1.62 bits per heavy atom. The van der Waals surface area contributed by atoms with Gasteiger partial charge < -0.3 is 5.32 Å². The lowest BCUT2D eigenvalue weighted by Gasteiger charge is -2.32. The number of anilines is 1. The second-order valence-corrected chi connectivity index (χ2v) is 5.94. The Bertz CT molecular complexity index is 492. The Morgan fingerprint density at radius 1 is 0.762 bits per heavy atom. The first-order valence-corrected chi connectivity index (χ1v) is 7.10. The Morgan fingerprint density at radius 2 is 1.19 bits per heavy atom. The Labute approximate surface area is 120 Å². The van der Waals surface area contributed by atoms with Crippen LogP contribution in [0.1, 0.15) is 39.5 Å². The average molecular weight is 307 g/mol. The van der Waals surface area contributed by atoms with Gasteiger partial charge in [0.15, 0.2) is 23.3 Å². The molecule has 0 aromatic heterocycles. The zero-order valence-electron chi connectivity index (χ0n) is 12.0. The quantitative estimate of drug-likeness (QED) is 0.470. The van der Waals surface area contributed by atoms with Crippen molar-refractivity contribution in [2.75, 3.05) is 5.32 Å². The molecule has 0 unspecified atom stereocenters. The lowest BCUT2D eigenvalue weighted by atomic mass is 9.79. The summed E-state index contributed by atoms with van der Waals surface area (Å²) in [6.45, 7) is 4.23. The van der Waals surface area contributed by atoms with Crippen LogP contribution in [-0.4, -0.2) is 6.04 Å². The normalized spacial score (nSPS) is 22.7. The number of benzene rings is 1. The highest BCUT2D eigenvalue weighted by atomic mass is 19.2. The maximum absolute atomic E-state index is 13.6. The van der Waals surface area contributed by atoms with Gasteiger partial charge in [0.2, 0.25) is 5.82 Å². The van der Waals surface area contributed by atoms with Crippen molar-refractivity contribution in [2.45, 2.75) is 45.6 Å². The number of nitrogens with one attached hydrogen (secondary N) is 1. The van der Waals surface area contributed by atoms with Crippen LogP contribution in [0.2, 0.25) is 0 Å². The molecule has 1 aliphatic rings. The first-order chi connectivity index (χ1) is 9.82. The fourth-order valence-corrected chi connectivity index (χ4v) is 2.87. The van der Waals surface area contributed by atoms with E-state index < -0.39 is 34.8 Å². The van der Waals surface area contributed by atoms with Crippen molar-refractivity contribution >= 4 is 5.69 Å². The van der Waals surface area contributed by atoms with E-state index in [1.807, 2.05) is 0 Å². The predicted octanol–water partition coefficient (Wildman–Crippen LogP) is 5.01. The van der Waals surface area contributed by atoms with Crippen LogP contribution >= 0.6 is 0 Å². The van der Waals surface area contributed by atoms with Crippen LogP contribution in [0.15, 0.2) is 0 Å². The van der Waals surface area contributed by atoms with Crippen LogP contribution in [0.5, 0.6) is 0 Å². The summed E-state index contributed by atoms with van der Waals surface area (Å²) < 4.78 is 66.4. The molecule has 1 aliphatic carbocycles. The number of rotatable bonds is 3. The van der Waals surface area contributed by atoms with Gasteiger partial charge >= 0.3 is 0 Å². The van der Waals surface area contributed by atoms with E-state index in [-0.39, 0.29) is 6.04 Å². The molecule has 0 heterocycles. The number of hydrogen-bond donors (Lipinski definition) is 1. The summed E-state index contributed by atoms with van der Waals surface area (Å²) in [4.78, 5) is 0. The molecule has 1 aromatic rings. The average Bonchev–Trinajstić information content (AvgIpc) is 2.48. The van der Waals surface area contributed by atoms with Crippen LogP contribution in [0.3, 0.4) is 0 Å². The summed E-state index contributed by atoms with van der Waals surface area (Å²) in [6, 6.07) is -0.270. The molecule has 1 fully saturated rings. The van der Waals surface area contributed by atoms with Gasteiger partial charge in [-0.05, 0) is 37.5 Å². The molecule has 21 heavy (non-hydrogen) atoms. The van der Waals surface area contributed by atoms with E-state index in [0.29, 0.717) is 24.7 Å². The molecule has 6 heteroatoms. The van der Waals surface area contributed by atoms with Crippen molar-refractivity contribution in [3.8, 4) is 0 Å². The molecule has 0 spiro atoms. The zero-order valence-corrected chi connectivity index (χ0v) is 12.0. The van der Waals surface area contributed by atoms with E-state index in [2.05, 4.69) is 19.2 Å². The maximum atomic E-state index is 13.6. The SMILES string of the molecule is CC(C)C1CCC(Nc2c(F)c(F)c(F)c(F)c2F)CC1. The van der Waals surface area contributed by atoms with Crippen LogP contribution < -0.4 is 5.32 Å². The Hall–Kier alpha value is -1.33. The van der Waals surface area contributed by atoms with E-state index in [9.17, 15) is 22.0 Å². The van der Waals surface area contributed by atoms with Gasteiger partial charge in [-0.3, -0.25) is 0 Å². The minimum absolute atomic E-state index is 0.270. The molecule has 1 saturated carbocycles. The summed E-state index contributed by atoms with van der Waals surface area (Å²) in [6.07, 6.45) is 3.07.